The van der Waals surface area contributed by atoms with Crippen LogP contribution in [0.1, 0.15) is 29.4 Å². The molecule has 1 aliphatic rings. The molecular formula is C14H17N5O. The normalized spacial score (nSPS) is 15.3. The van der Waals surface area contributed by atoms with Crippen LogP contribution >= 0.6 is 0 Å². The van der Waals surface area contributed by atoms with Gasteiger partial charge >= 0.3 is 0 Å². The molecule has 6 nitrogen and oxygen atoms in total. The molecule has 2 heterocycles. The Bertz CT molecular complexity index is 529. The fourth-order valence-electron chi connectivity index (χ4n) is 2.51. The molecule has 104 valence electrons. The van der Waals surface area contributed by atoms with Gasteiger partial charge in [0.1, 0.15) is 18.8 Å². The van der Waals surface area contributed by atoms with Crippen LogP contribution in [0.25, 0.3) is 0 Å². The molecule has 1 aromatic heterocycles. The van der Waals surface area contributed by atoms with Gasteiger partial charge in [-0.05, 0) is 38.1 Å². The molecule has 1 saturated heterocycles. The highest BCUT2D eigenvalue weighted by atomic mass is 16.2. The van der Waals surface area contributed by atoms with Crippen LogP contribution in [0.2, 0.25) is 0 Å². The smallest absolute Gasteiger partial charge is 0.272 e. The molecule has 1 N–H and O–H groups in total. The number of carbonyl (C=O) groups excluding carboxylic acids is 1. The number of aromatic nitrogens is 1. The first-order valence-electron chi connectivity index (χ1n) is 6.68. The molecule has 1 aliphatic heterocycles. The summed E-state index contributed by atoms with van der Waals surface area (Å²) < 4.78 is 1.98. The van der Waals surface area contributed by atoms with Crippen molar-refractivity contribution in [3.05, 3.63) is 24.0 Å². The zero-order valence-electron chi connectivity index (χ0n) is 11.2. The summed E-state index contributed by atoms with van der Waals surface area (Å²) in [7, 11) is 0. The van der Waals surface area contributed by atoms with E-state index in [4.69, 9.17) is 10.5 Å². The molecule has 1 aromatic rings. The van der Waals surface area contributed by atoms with Gasteiger partial charge in [0.25, 0.3) is 5.91 Å². The zero-order chi connectivity index (χ0) is 14.4. The molecule has 0 atom stereocenters. The van der Waals surface area contributed by atoms with Gasteiger partial charge in [-0.2, -0.15) is 10.5 Å². The molecule has 0 aromatic carbocycles. The van der Waals surface area contributed by atoms with Crippen LogP contribution in [0, 0.1) is 22.7 Å². The first-order valence-corrected chi connectivity index (χ1v) is 6.68. The van der Waals surface area contributed by atoms with Gasteiger partial charge in [0.15, 0.2) is 0 Å². The number of nitriles is 2. The van der Waals surface area contributed by atoms with Crippen molar-refractivity contribution >= 4 is 5.91 Å². The van der Waals surface area contributed by atoms with Crippen LogP contribution in [0.5, 0.6) is 0 Å². The highest BCUT2D eigenvalue weighted by Gasteiger charge is 2.23. The van der Waals surface area contributed by atoms with Crippen molar-refractivity contribution in [2.45, 2.75) is 18.9 Å². The molecule has 20 heavy (non-hydrogen) atoms. The van der Waals surface area contributed by atoms with Crippen molar-refractivity contribution in [3.63, 3.8) is 0 Å². The molecular weight excluding hydrogens is 254 g/mol. The quantitative estimate of drug-likeness (QED) is 0.825. The van der Waals surface area contributed by atoms with Crippen molar-refractivity contribution in [1.82, 2.24) is 14.8 Å². The highest BCUT2D eigenvalue weighted by Crippen LogP contribution is 2.22. The van der Waals surface area contributed by atoms with E-state index in [0.717, 1.165) is 25.9 Å². The SMILES string of the molecule is N#CCN(CC#N)C(=O)c1cccn1C1CCNCC1. The highest BCUT2D eigenvalue weighted by molar-refractivity contribution is 5.93. The minimum atomic E-state index is -0.253. The molecule has 0 bridgehead atoms. The lowest BCUT2D eigenvalue weighted by molar-refractivity contribution is 0.0780. The summed E-state index contributed by atoms with van der Waals surface area (Å²) in [6, 6.07) is 7.76. The summed E-state index contributed by atoms with van der Waals surface area (Å²) in [6.45, 7) is 1.75. The number of nitrogens with zero attached hydrogens (tertiary/aromatic N) is 4. The lowest BCUT2D eigenvalue weighted by Crippen LogP contribution is -2.35. The van der Waals surface area contributed by atoms with E-state index < -0.39 is 0 Å². The number of hydrogen-bond donors (Lipinski definition) is 1. The van der Waals surface area contributed by atoms with Crippen molar-refractivity contribution in [2.75, 3.05) is 26.2 Å². The molecule has 0 saturated carbocycles. The van der Waals surface area contributed by atoms with E-state index >= 15 is 0 Å². The van der Waals surface area contributed by atoms with E-state index in [1.807, 2.05) is 29.0 Å². The number of amides is 1. The summed E-state index contributed by atoms with van der Waals surface area (Å²) in [5, 5.41) is 20.8. The first-order chi connectivity index (χ1) is 9.77. The standard InChI is InChI=1S/C14H17N5O/c15-5-10-18(11-6-16)14(20)13-2-1-9-19(13)12-3-7-17-8-4-12/h1-2,9,12,17H,3-4,7-8,10-11H2. The minimum Gasteiger partial charge on any atom is -0.340 e. The Balaban J connectivity index is 2.20. The summed E-state index contributed by atoms with van der Waals surface area (Å²) in [5.41, 5.74) is 0.558. The van der Waals surface area contributed by atoms with Crippen LogP contribution in [0.15, 0.2) is 18.3 Å². The summed E-state index contributed by atoms with van der Waals surface area (Å²) in [6.07, 6.45) is 3.86. The van der Waals surface area contributed by atoms with Gasteiger partial charge in [0.2, 0.25) is 0 Å². The molecule has 2 rings (SSSR count). The average molecular weight is 271 g/mol. The molecule has 6 heteroatoms. The second-order valence-corrected chi connectivity index (χ2v) is 4.76. The molecule has 0 spiro atoms. The van der Waals surface area contributed by atoms with E-state index in [2.05, 4.69) is 5.32 Å². The van der Waals surface area contributed by atoms with E-state index in [0.29, 0.717) is 11.7 Å². The van der Waals surface area contributed by atoms with E-state index in [1.54, 1.807) is 6.07 Å². The van der Waals surface area contributed by atoms with Gasteiger partial charge in [-0.15, -0.1) is 0 Å². The third kappa shape index (κ3) is 2.98. The van der Waals surface area contributed by atoms with E-state index in [1.165, 1.54) is 4.90 Å². The maximum absolute atomic E-state index is 12.4. The van der Waals surface area contributed by atoms with Gasteiger partial charge < -0.3 is 14.8 Å². The Morgan fingerprint density at radius 1 is 1.35 bits per heavy atom. The molecule has 1 amide bonds. The average Bonchev–Trinajstić information content (AvgIpc) is 2.96. The molecule has 0 aliphatic carbocycles. The van der Waals surface area contributed by atoms with Crippen molar-refractivity contribution in [2.24, 2.45) is 0 Å². The van der Waals surface area contributed by atoms with Crippen LogP contribution in [0.3, 0.4) is 0 Å². The lowest BCUT2D eigenvalue weighted by atomic mass is 10.1. The van der Waals surface area contributed by atoms with Gasteiger partial charge in [-0.1, -0.05) is 0 Å². The molecule has 0 unspecified atom stereocenters. The number of piperidine rings is 1. The Hall–Kier alpha value is -2.31. The van der Waals surface area contributed by atoms with Crippen LogP contribution < -0.4 is 5.32 Å². The first kappa shape index (κ1) is 14.1. The van der Waals surface area contributed by atoms with Crippen LogP contribution in [0.4, 0.5) is 0 Å². The van der Waals surface area contributed by atoms with Gasteiger partial charge in [0.05, 0.1) is 12.1 Å². The monoisotopic (exact) mass is 271 g/mol. The van der Waals surface area contributed by atoms with E-state index in [-0.39, 0.29) is 19.0 Å². The Morgan fingerprint density at radius 2 is 2.00 bits per heavy atom. The topological polar surface area (TPSA) is 84.8 Å². The Labute approximate surface area is 118 Å². The Morgan fingerprint density at radius 3 is 2.60 bits per heavy atom. The third-order valence-electron chi connectivity index (χ3n) is 3.51. The minimum absolute atomic E-state index is 0.0657. The zero-order valence-corrected chi connectivity index (χ0v) is 11.2. The predicted octanol–water partition coefficient (Wildman–Crippen LogP) is 0.902. The lowest BCUT2D eigenvalue weighted by Gasteiger charge is -2.27. The molecule has 1 fully saturated rings. The predicted molar refractivity (Wildman–Crippen MR) is 72.7 cm³/mol. The fraction of sp³-hybridized carbons (Fsp3) is 0.500. The number of rotatable bonds is 4. The summed E-state index contributed by atoms with van der Waals surface area (Å²) >= 11 is 0. The maximum atomic E-state index is 12.4. The fourth-order valence-corrected chi connectivity index (χ4v) is 2.51. The Kier molecular flexibility index (Phi) is 4.75. The van der Waals surface area contributed by atoms with Crippen molar-refractivity contribution in [3.8, 4) is 12.1 Å². The number of nitrogens with one attached hydrogen (secondary N) is 1. The van der Waals surface area contributed by atoms with Gasteiger partial charge in [0, 0.05) is 12.2 Å². The number of carbonyl (C=O) groups is 1. The second kappa shape index (κ2) is 6.74. The molecule has 0 radical (unpaired) electrons. The number of hydrogen-bond acceptors (Lipinski definition) is 4. The van der Waals surface area contributed by atoms with Gasteiger partial charge in [-0.3, -0.25) is 4.79 Å². The third-order valence-corrected chi connectivity index (χ3v) is 3.51. The van der Waals surface area contributed by atoms with Crippen molar-refractivity contribution in [1.29, 1.82) is 10.5 Å². The van der Waals surface area contributed by atoms with Crippen molar-refractivity contribution < 1.29 is 4.79 Å². The van der Waals surface area contributed by atoms with Gasteiger partial charge in [-0.25, -0.2) is 0 Å². The second-order valence-electron chi connectivity index (χ2n) is 4.76. The summed E-state index contributed by atoms with van der Waals surface area (Å²) in [4.78, 5) is 13.7. The summed E-state index contributed by atoms with van der Waals surface area (Å²) in [5.74, 6) is -0.253. The largest absolute Gasteiger partial charge is 0.340 e. The maximum Gasteiger partial charge on any atom is 0.272 e. The van der Waals surface area contributed by atoms with Crippen LogP contribution in [-0.4, -0.2) is 41.6 Å². The van der Waals surface area contributed by atoms with E-state index in [9.17, 15) is 4.79 Å². The van der Waals surface area contributed by atoms with Crippen LogP contribution in [-0.2, 0) is 0 Å².